The molecule has 0 atom stereocenters. The van der Waals surface area contributed by atoms with E-state index >= 15 is 0 Å². The molecule has 4 aromatic rings. The fourth-order valence-electron chi connectivity index (χ4n) is 5.06. The Hall–Kier alpha value is -3.66. The number of nitrogens with zero attached hydrogens (tertiary/aromatic N) is 4. The standard InChI is InChI=1S/C33H42ClN7O2/c1-33(2,40(3)4)22-37-28(42)21-43-26-12-10-25(11-13-26)31-38-30-29(27(34)19-36-32(30)39-31)35-18-23-14-16-41(17-15-23)20-24-8-6-5-7-9-24/h5-13,19,23H,14-18,20-22H2,1-4H3,(H,37,42)(H2,35,36,38,39). The molecule has 0 saturated carbocycles. The predicted octanol–water partition coefficient (Wildman–Crippen LogP) is 5.44. The third-order valence-corrected chi connectivity index (χ3v) is 8.71. The molecule has 0 unspecified atom stereocenters. The van der Waals surface area contributed by atoms with Gasteiger partial charge in [-0.2, -0.15) is 0 Å². The Balaban J connectivity index is 1.15. The lowest BCUT2D eigenvalue weighted by Crippen LogP contribution is -2.48. The van der Waals surface area contributed by atoms with Gasteiger partial charge in [0.15, 0.2) is 12.3 Å². The number of amides is 1. The molecular formula is C33H42ClN7O2. The van der Waals surface area contributed by atoms with Gasteiger partial charge in [-0.05, 0) is 89.6 Å². The van der Waals surface area contributed by atoms with Crippen molar-refractivity contribution in [3.05, 3.63) is 71.4 Å². The lowest BCUT2D eigenvalue weighted by molar-refractivity contribution is -0.123. The second-order valence-corrected chi connectivity index (χ2v) is 12.6. The minimum Gasteiger partial charge on any atom is -0.484 e. The SMILES string of the molecule is CN(C)C(C)(C)CNC(=O)COc1ccc(-c2nc3ncc(Cl)c(NCC4CCN(Cc5ccccc5)CC4)c3[nH]2)cc1. The highest BCUT2D eigenvalue weighted by Crippen LogP contribution is 2.32. The Kier molecular flexibility index (Phi) is 9.85. The highest BCUT2D eigenvalue weighted by molar-refractivity contribution is 6.34. The van der Waals surface area contributed by atoms with Crippen LogP contribution in [-0.4, -0.2) is 83.1 Å². The lowest BCUT2D eigenvalue weighted by atomic mass is 9.96. The summed E-state index contributed by atoms with van der Waals surface area (Å²) >= 11 is 6.60. The van der Waals surface area contributed by atoms with Gasteiger partial charge in [-0.3, -0.25) is 9.69 Å². The van der Waals surface area contributed by atoms with Crippen LogP contribution in [0.25, 0.3) is 22.6 Å². The number of imidazole rings is 1. The molecule has 2 aromatic carbocycles. The summed E-state index contributed by atoms with van der Waals surface area (Å²) < 4.78 is 5.70. The van der Waals surface area contributed by atoms with E-state index < -0.39 is 0 Å². The second-order valence-electron chi connectivity index (χ2n) is 12.1. The van der Waals surface area contributed by atoms with E-state index in [0.717, 1.165) is 55.8 Å². The first-order chi connectivity index (χ1) is 20.7. The fourth-order valence-corrected chi connectivity index (χ4v) is 5.27. The van der Waals surface area contributed by atoms with E-state index in [0.29, 0.717) is 34.7 Å². The summed E-state index contributed by atoms with van der Waals surface area (Å²) in [5, 5.41) is 7.10. The maximum absolute atomic E-state index is 12.3. The number of likely N-dealkylation sites (tertiary alicyclic amines) is 1. The topological polar surface area (TPSA) is 98.4 Å². The molecule has 1 aliphatic rings. The number of pyridine rings is 1. The number of aromatic nitrogens is 3. The highest BCUT2D eigenvalue weighted by Gasteiger charge is 2.22. The maximum atomic E-state index is 12.3. The van der Waals surface area contributed by atoms with Gasteiger partial charge < -0.3 is 25.3 Å². The van der Waals surface area contributed by atoms with E-state index in [1.807, 2.05) is 38.4 Å². The van der Waals surface area contributed by atoms with Crippen LogP contribution in [0.4, 0.5) is 5.69 Å². The van der Waals surface area contributed by atoms with Crippen molar-refractivity contribution in [3.8, 4) is 17.1 Å². The number of fused-ring (bicyclic) bond motifs is 1. The normalized spacial score (nSPS) is 14.7. The van der Waals surface area contributed by atoms with Gasteiger partial charge in [-0.15, -0.1) is 0 Å². The number of hydrogen-bond donors (Lipinski definition) is 3. The molecular weight excluding hydrogens is 562 g/mol. The largest absolute Gasteiger partial charge is 0.484 e. The van der Waals surface area contributed by atoms with Crippen LogP contribution in [0.5, 0.6) is 5.75 Å². The number of halogens is 1. The van der Waals surface area contributed by atoms with Crippen LogP contribution in [0.3, 0.4) is 0 Å². The molecule has 5 rings (SSSR count). The summed E-state index contributed by atoms with van der Waals surface area (Å²) in [5.41, 5.74) is 4.35. The molecule has 3 heterocycles. The van der Waals surface area contributed by atoms with Crippen molar-refractivity contribution in [1.29, 1.82) is 0 Å². The summed E-state index contributed by atoms with van der Waals surface area (Å²) in [6, 6.07) is 18.2. The molecule has 1 fully saturated rings. The first kappa shape index (κ1) is 30.8. The fraction of sp³-hybridized carbons (Fsp3) is 0.424. The number of ether oxygens (including phenoxy) is 1. The number of H-pyrrole nitrogens is 1. The first-order valence-electron chi connectivity index (χ1n) is 14.9. The number of piperidine rings is 1. The minimum absolute atomic E-state index is 0.0446. The number of nitrogens with one attached hydrogen (secondary N) is 3. The quantitative estimate of drug-likeness (QED) is 0.198. The van der Waals surface area contributed by atoms with Crippen molar-refractivity contribution < 1.29 is 9.53 Å². The number of anilines is 1. The Morgan fingerprint density at radius 1 is 1.12 bits per heavy atom. The molecule has 0 radical (unpaired) electrons. The smallest absolute Gasteiger partial charge is 0.258 e. The van der Waals surface area contributed by atoms with Crippen LogP contribution in [0.1, 0.15) is 32.3 Å². The number of aromatic amines is 1. The molecule has 3 N–H and O–H groups in total. The molecule has 10 heteroatoms. The number of likely N-dealkylation sites (N-methyl/N-ethyl adjacent to an activating group) is 1. The Morgan fingerprint density at radius 3 is 2.53 bits per heavy atom. The average molecular weight is 604 g/mol. The zero-order valence-electron chi connectivity index (χ0n) is 25.5. The third kappa shape index (κ3) is 8.04. The third-order valence-electron chi connectivity index (χ3n) is 8.42. The van der Waals surface area contributed by atoms with Gasteiger partial charge in [-0.25, -0.2) is 9.97 Å². The van der Waals surface area contributed by atoms with Gasteiger partial charge in [0.1, 0.15) is 17.1 Å². The van der Waals surface area contributed by atoms with Gasteiger partial charge in [0.05, 0.1) is 16.9 Å². The van der Waals surface area contributed by atoms with Gasteiger partial charge in [-0.1, -0.05) is 41.9 Å². The van der Waals surface area contributed by atoms with E-state index in [-0.39, 0.29) is 18.1 Å². The van der Waals surface area contributed by atoms with E-state index in [1.165, 1.54) is 5.56 Å². The summed E-state index contributed by atoms with van der Waals surface area (Å²) in [4.78, 5) is 29.5. The Labute approximate surface area is 259 Å². The van der Waals surface area contributed by atoms with E-state index in [4.69, 9.17) is 21.3 Å². The monoisotopic (exact) mass is 603 g/mol. The zero-order valence-corrected chi connectivity index (χ0v) is 26.2. The number of rotatable bonds is 12. The van der Waals surface area contributed by atoms with Crippen molar-refractivity contribution in [1.82, 2.24) is 30.1 Å². The predicted molar refractivity (Wildman–Crippen MR) is 174 cm³/mol. The Morgan fingerprint density at radius 2 is 1.84 bits per heavy atom. The van der Waals surface area contributed by atoms with Crippen LogP contribution < -0.4 is 15.4 Å². The molecule has 1 aliphatic heterocycles. The van der Waals surface area contributed by atoms with Crippen molar-refractivity contribution >= 4 is 34.4 Å². The minimum atomic E-state index is -0.156. The molecule has 1 amide bonds. The van der Waals surface area contributed by atoms with Crippen LogP contribution >= 0.6 is 11.6 Å². The molecule has 228 valence electrons. The summed E-state index contributed by atoms with van der Waals surface area (Å²) in [6.07, 6.45) is 3.94. The molecule has 0 aliphatic carbocycles. The average Bonchev–Trinajstić information content (AvgIpc) is 3.44. The number of hydrogen-bond acceptors (Lipinski definition) is 7. The number of benzene rings is 2. The molecule has 9 nitrogen and oxygen atoms in total. The summed E-state index contributed by atoms with van der Waals surface area (Å²) in [5.74, 6) is 1.72. The highest BCUT2D eigenvalue weighted by atomic mass is 35.5. The molecule has 43 heavy (non-hydrogen) atoms. The van der Waals surface area contributed by atoms with Crippen LogP contribution in [-0.2, 0) is 11.3 Å². The molecule has 0 bridgehead atoms. The molecule has 1 saturated heterocycles. The van der Waals surface area contributed by atoms with Crippen LogP contribution in [0.15, 0.2) is 60.8 Å². The summed E-state index contributed by atoms with van der Waals surface area (Å²) in [6.45, 7) is 8.68. The maximum Gasteiger partial charge on any atom is 0.258 e. The van der Waals surface area contributed by atoms with E-state index in [1.54, 1.807) is 6.20 Å². The van der Waals surface area contributed by atoms with Gasteiger partial charge in [0.2, 0.25) is 0 Å². The van der Waals surface area contributed by atoms with Crippen LogP contribution in [0, 0.1) is 5.92 Å². The van der Waals surface area contributed by atoms with Crippen molar-refractivity contribution in [3.63, 3.8) is 0 Å². The lowest BCUT2D eigenvalue weighted by Gasteiger charge is -2.32. The van der Waals surface area contributed by atoms with Crippen molar-refractivity contribution in [2.75, 3.05) is 52.2 Å². The number of carbonyl (C=O) groups excluding carboxylic acids is 1. The van der Waals surface area contributed by atoms with Gasteiger partial charge in [0.25, 0.3) is 5.91 Å². The van der Waals surface area contributed by atoms with Gasteiger partial charge in [0, 0.05) is 30.7 Å². The van der Waals surface area contributed by atoms with Crippen molar-refractivity contribution in [2.45, 2.75) is 38.8 Å². The zero-order chi connectivity index (χ0) is 30.4. The number of carbonyl (C=O) groups is 1. The van der Waals surface area contributed by atoms with E-state index in [2.05, 4.69) is 74.6 Å². The second kappa shape index (κ2) is 13.8. The summed E-state index contributed by atoms with van der Waals surface area (Å²) in [7, 11) is 3.98. The van der Waals surface area contributed by atoms with Gasteiger partial charge >= 0.3 is 0 Å². The van der Waals surface area contributed by atoms with E-state index in [9.17, 15) is 4.79 Å². The molecule has 0 spiro atoms. The van der Waals surface area contributed by atoms with Crippen LogP contribution in [0.2, 0.25) is 5.02 Å². The van der Waals surface area contributed by atoms with Crippen molar-refractivity contribution in [2.24, 2.45) is 5.92 Å². The molecule has 2 aromatic heterocycles. The first-order valence-corrected chi connectivity index (χ1v) is 15.3. The Bertz CT molecular complexity index is 1500.